The van der Waals surface area contributed by atoms with Crippen LogP contribution in [0.15, 0.2) is 30.3 Å². The van der Waals surface area contributed by atoms with Crippen LogP contribution in [-0.4, -0.2) is 26.6 Å². The Morgan fingerprint density at radius 3 is 2.35 bits per heavy atom. The third-order valence-electron chi connectivity index (χ3n) is 4.90. The predicted molar refractivity (Wildman–Crippen MR) is 122 cm³/mol. The second-order valence-corrected chi connectivity index (χ2v) is 9.36. The van der Waals surface area contributed by atoms with E-state index in [1.165, 1.54) is 0 Å². The highest BCUT2D eigenvalue weighted by molar-refractivity contribution is 6.30. The van der Waals surface area contributed by atoms with E-state index in [2.05, 4.69) is 16.0 Å². The lowest BCUT2D eigenvalue weighted by Crippen LogP contribution is -2.42. The van der Waals surface area contributed by atoms with E-state index in [1.54, 1.807) is 30.3 Å². The zero-order chi connectivity index (χ0) is 22.9. The standard InChI is InChI=1S/C23H28ClN5O2/c1-13(2)18-12-17(20-14(3)28-29(21(20)25-18)23(4,5)6)22(31)27-26-19(30)11-15-7-9-16(24)10-8-15/h7-10,12-13H,11H2,1-6H3,(H,26,30)(H,27,31). The molecule has 0 aliphatic carbocycles. The largest absolute Gasteiger partial charge is 0.273 e. The van der Waals surface area contributed by atoms with Gasteiger partial charge in [0.05, 0.1) is 28.6 Å². The Kier molecular flexibility index (Phi) is 6.36. The van der Waals surface area contributed by atoms with Gasteiger partial charge in [0.15, 0.2) is 5.65 Å². The van der Waals surface area contributed by atoms with E-state index in [0.717, 1.165) is 11.3 Å². The van der Waals surface area contributed by atoms with E-state index in [0.29, 0.717) is 27.3 Å². The van der Waals surface area contributed by atoms with Crippen molar-refractivity contribution in [2.75, 3.05) is 0 Å². The first-order valence-corrected chi connectivity index (χ1v) is 10.6. The molecule has 0 aliphatic rings. The Bertz CT molecular complexity index is 1130. The van der Waals surface area contributed by atoms with Crippen LogP contribution in [0.4, 0.5) is 0 Å². The highest BCUT2D eigenvalue weighted by Gasteiger charge is 2.25. The number of aromatic nitrogens is 3. The average Bonchev–Trinajstić information content (AvgIpc) is 3.04. The van der Waals surface area contributed by atoms with Crippen molar-refractivity contribution in [2.45, 2.75) is 59.4 Å². The van der Waals surface area contributed by atoms with Crippen LogP contribution in [0.2, 0.25) is 5.02 Å². The van der Waals surface area contributed by atoms with Crippen LogP contribution in [0.1, 0.15) is 67.8 Å². The Balaban J connectivity index is 1.88. The fourth-order valence-electron chi connectivity index (χ4n) is 3.28. The molecule has 164 valence electrons. The van der Waals surface area contributed by atoms with E-state index in [1.807, 2.05) is 46.2 Å². The van der Waals surface area contributed by atoms with Crippen LogP contribution >= 0.6 is 11.6 Å². The topological polar surface area (TPSA) is 88.9 Å². The van der Waals surface area contributed by atoms with Gasteiger partial charge in [-0.2, -0.15) is 5.10 Å². The molecular formula is C23H28ClN5O2. The van der Waals surface area contributed by atoms with E-state index >= 15 is 0 Å². The number of benzene rings is 1. The molecule has 2 amide bonds. The number of hydrazine groups is 1. The van der Waals surface area contributed by atoms with Crippen LogP contribution in [-0.2, 0) is 16.8 Å². The summed E-state index contributed by atoms with van der Waals surface area (Å²) in [4.78, 5) is 30.1. The molecule has 0 unspecified atom stereocenters. The minimum absolute atomic E-state index is 0.124. The van der Waals surface area contributed by atoms with Crippen molar-refractivity contribution >= 4 is 34.4 Å². The summed E-state index contributed by atoms with van der Waals surface area (Å²) in [5, 5.41) is 5.93. The molecule has 8 heteroatoms. The summed E-state index contributed by atoms with van der Waals surface area (Å²) in [6.45, 7) is 12.0. The molecule has 0 saturated heterocycles. The average molecular weight is 442 g/mol. The Morgan fingerprint density at radius 1 is 1.13 bits per heavy atom. The van der Waals surface area contributed by atoms with Crippen LogP contribution in [0.3, 0.4) is 0 Å². The summed E-state index contributed by atoms with van der Waals surface area (Å²) in [5.74, 6) is -0.610. The normalized spacial score (nSPS) is 11.7. The van der Waals surface area contributed by atoms with Gasteiger partial charge in [-0.05, 0) is 57.4 Å². The molecule has 3 aromatic rings. The lowest BCUT2D eigenvalue weighted by atomic mass is 10.0. The van der Waals surface area contributed by atoms with Gasteiger partial charge in [0.2, 0.25) is 5.91 Å². The maximum atomic E-state index is 13.0. The quantitative estimate of drug-likeness (QED) is 0.591. The van der Waals surface area contributed by atoms with Crippen molar-refractivity contribution < 1.29 is 9.59 Å². The monoisotopic (exact) mass is 441 g/mol. The summed E-state index contributed by atoms with van der Waals surface area (Å²) in [7, 11) is 0. The fourth-order valence-corrected chi connectivity index (χ4v) is 3.40. The number of nitrogens with one attached hydrogen (secondary N) is 2. The molecule has 2 N–H and O–H groups in total. The zero-order valence-electron chi connectivity index (χ0n) is 18.7. The molecule has 31 heavy (non-hydrogen) atoms. The van der Waals surface area contributed by atoms with Crippen molar-refractivity contribution in [2.24, 2.45) is 0 Å². The number of halogens is 1. The molecule has 0 spiro atoms. The molecule has 3 rings (SSSR count). The number of rotatable bonds is 4. The van der Waals surface area contributed by atoms with E-state index < -0.39 is 5.91 Å². The number of carbonyl (C=O) groups is 2. The minimum Gasteiger partial charge on any atom is -0.273 e. The van der Waals surface area contributed by atoms with Gasteiger partial charge in [0.25, 0.3) is 5.91 Å². The van der Waals surface area contributed by atoms with Crippen LogP contribution in [0.5, 0.6) is 0 Å². The number of amides is 2. The Hall–Kier alpha value is -2.93. The van der Waals surface area contributed by atoms with Crippen LogP contribution in [0.25, 0.3) is 11.0 Å². The molecule has 1 aromatic carbocycles. The molecule has 2 heterocycles. The molecule has 0 atom stereocenters. The SMILES string of the molecule is Cc1nn(C(C)(C)C)c2nc(C(C)C)cc(C(=O)NNC(=O)Cc3ccc(Cl)cc3)c12. The fraction of sp³-hybridized carbons (Fsp3) is 0.391. The first kappa shape index (κ1) is 22.7. The van der Waals surface area contributed by atoms with E-state index in [9.17, 15) is 9.59 Å². The van der Waals surface area contributed by atoms with Crippen LogP contribution in [0, 0.1) is 6.92 Å². The summed E-state index contributed by atoms with van der Waals surface area (Å²) in [5.41, 5.74) is 8.13. The van der Waals surface area contributed by atoms with Gasteiger partial charge in [0, 0.05) is 10.7 Å². The van der Waals surface area contributed by atoms with Gasteiger partial charge in [0.1, 0.15) is 0 Å². The number of nitrogens with zero attached hydrogens (tertiary/aromatic N) is 3. The third-order valence-corrected chi connectivity index (χ3v) is 5.15. The van der Waals surface area contributed by atoms with Gasteiger partial charge in [-0.15, -0.1) is 0 Å². The number of aryl methyl sites for hydroxylation is 1. The maximum Gasteiger partial charge on any atom is 0.270 e. The van der Waals surface area contributed by atoms with E-state index in [-0.39, 0.29) is 23.8 Å². The lowest BCUT2D eigenvalue weighted by molar-refractivity contribution is -0.121. The predicted octanol–water partition coefficient (Wildman–Crippen LogP) is 4.28. The molecule has 0 saturated carbocycles. The third kappa shape index (κ3) is 5.05. The first-order chi connectivity index (χ1) is 14.5. The van der Waals surface area contributed by atoms with Gasteiger partial charge < -0.3 is 0 Å². The second-order valence-electron chi connectivity index (χ2n) is 8.92. The zero-order valence-corrected chi connectivity index (χ0v) is 19.5. The highest BCUT2D eigenvalue weighted by Crippen LogP contribution is 2.28. The number of hydrogen-bond acceptors (Lipinski definition) is 4. The van der Waals surface area contributed by atoms with Gasteiger partial charge in [-0.25, -0.2) is 9.67 Å². The summed E-state index contributed by atoms with van der Waals surface area (Å²) in [6.07, 6.45) is 0.126. The number of carbonyl (C=O) groups excluding carboxylic acids is 2. The van der Waals surface area contributed by atoms with Crippen molar-refractivity contribution in [3.8, 4) is 0 Å². The first-order valence-electron chi connectivity index (χ1n) is 10.2. The number of hydrogen-bond donors (Lipinski definition) is 2. The maximum absolute atomic E-state index is 13.0. The van der Waals surface area contributed by atoms with Crippen molar-refractivity contribution in [1.82, 2.24) is 25.6 Å². The summed E-state index contributed by atoms with van der Waals surface area (Å²) < 4.78 is 1.85. The minimum atomic E-state index is -0.407. The summed E-state index contributed by atoms with van der Waals surface area (Å²) >= 11 is 5.87. The molecule has 0 radical (unpaired) electrons. The molecule has 2 aromatic heterocycles. The summed E-state index contributed by atoms with van der Waals surface area (Å²) in [6, 6.07) is 8.76. The van der Waals surface area contributed by atoms with Crippen molar-refractivity contribution in [3.05, 3.63) is 57.9 Å². The van der Waals surface area contributed by atoms with Crippen molar-refractivity contribution in [1.29, 1.82) is 0 Å². The molecule has 7 nitrogen and oxygen atoms in total. The van der Waals surface area contributed by atoms with Crippen molar-refractivity contribution in [3.63, 3.8) is 0 Å². The van der Waals surface area contributed by atoms with Gasteiger partial charge in [-0.3, -0.25) is 20.4 Å². The molecule has 0 fully saturated rings. The lowest BCUT2D eigenvalue weighted by Gasteiger charge is -2.20. The molecular weight excluding hydrogens is 414 g/mol. The molecule has 0 aliphatic heterocycles. The Morgan fingerprint density at radius 2 is 1.77 bits per heavy atom. The number of fused-ring (bicyclic) bond motifs is 1. The smallest absolute Gasteiger partial charge is 0.270 e. The second kappa shape index (κ2) is 8.67. The van der Waals surface area contributed by atoms with Gasteiger partial charge >= 0.3 is 0 Å². The van der Waals surface area contributed by atoms with Crippen LogP contribution < -0.4 is 10.9 Å². The highest BCUT2D eigenvalue weighted by atomic mass is 35.5. The molecule has 0 bridgehead atoms. The number of pyridine rings is 1. The van der Waals surface area contributed by atoms with Gasteiger partial charge in [-0.1, -0.05) is 37.6 Å². The van der Waals surface area contributed by atoms with E-state index in [4.69, 9.17) is 16.6 Å². The Labute approximate surface area is 187 Å².